The van der Waals surface area contributed by atoms with Crippen LogP contribution in [0.1, 0.15) is 37.8 Å². The third-order valence-electron chi connectivity index (χ3n) is 4.14. The molecule has 1 aromatic heterocycles. The molecule has 2 bridgehead atoms. The number of rotatable bonds is 3. The van der Waals surface area contributed by atoms with Gasteiger partial charge in [-0.25, -0.2) is 4.98 Å². The number of oxazole rings is 1. The van der Waals surface area contributed by atoms with Crippen molar-refractivity contribution in [2.75, 3.05) is 0 Å². The Kier molecular flexibility index (Phi) is 2.23. The minimum absolute atomic E-state index is 0.0472. The Bertz CT molecular complexity index is 378. The maximum absolute atomic E-state index is 12.2. The van der Waals surface area contributed by atoms with Crippen molar-refractivity contribution in [3.05, 3.63) is 18.4 Å². The molecule has 0 aromatic carbocycles. The third kappa shape index (κ3) is 1.52. The molecule has 16 heavy (non-hydrogen) atoms. The maximum atomic E-state index is 12.2. The zero-order chi connectivity index (χ0) is 11.0. The molecule has 2 fully saturated rings. The molecule has 86 valence electrons. The lowest BCUT2D eigenvalue weighted by molar-refractivity contribution is -0.130. The fourth-order valence-corrected chi connectivity index (χ4v) is 3.19. The molecule has 1 aromatic rings. The van der Waals surface area contributed by atoms with Gasteiger partial charge in [-0.3, -0.25) is 4.79 Å². The Balaban J connectivity index is 1.61. The van der Waals surface area contributed by atoms with Gasteiger partial charge < -0.3 is 9.73 Å². The molecule has 0 aliphatic heterocycles. The summed E-state index contributed by atoms with van der Waals surface area (Å²) in [4.78, 5) is 16.1. The molecule has 0 atom stereocenters. The van der Waals surface area contributed by atoms with E-state index >= 15 is 0 Å². The Morgan fingerprint density at radius 2 is 2.38 bits per heavy atom. The van der Waals surface area contributed by atoms with Gasteiger partial charge in [0, 0.05) is 5.41 Å². The van der Waals surface area contributed by atoms with Crippen LogP contribution in [0.4, 0.5) is 0 Å². The van der Waals surface area contributed by atoms with Crippen molar-refractivity contribution in [1.82, 2.24) is 10.3 Å². The second-order valence-electron chi connectivity index (χ2n) is 5.09. The van der Waals surface area contributed by atoms with E-state index in [2.05, 4.69) is 10.3 Å². The van der Waals surface area contributed by atoms with Gasteiger partial charge in [0.2, 0.25) is 5.91 Å². The van der Waals surface area contributed by atoms with E-state index in [9.17, 15) is 4.79 Å². The molecule has 3 rings (SSSR count). The van der Waals surface area contributed by atoms with Gasteiger partial charge in [0.15, 0.2) is 6.39 Å². The first-order valence-corrected chi connectivity index (χ1v) is 5.94. The summed E-state index contributed by atoms with van der Waals surface area (Å²) >= 11 is 0. The quantitative estimate of drug-likeness (QED) is 0.846. The molecule has 0 unspecified atom stereocenters. The van der Waals surface area contributed by atoms with Crippen LogP contribution in [0.5, 0.6) is 0 Å². The standard InChI is InChI=1S/C12H16N2O2/c15-11(13-6-10-7-16-8-14-10)12-3-1-9(5-12)2-4-12/h7-9H,1-6H2,(H,13,15). The van der Waals surface area contributed by atoms with E-state index in [0.717, 1.165) is 30.9 Å². The second-order valence-corrected chi connectivity index (χ2v) is 5.09. The number of nitrogens with one attached hydrogen (secondary N) is 1. The Labute approximate surface area is 94.4 Å². The van der Waals surface area contributed by atoms with Gasteiger partial charge in [0.25, 0.3) is 0 Å². The fraction of sp³-hybridized carbons (Fsp3) is 0.667. The zero-order valence-corrected chi connectivity index (χ0v) is 9.24. The molecular formula is C12H16N2O2. The van der Waals surface area contributed by atoms with Crippen molar-refractivity contribution in [3.63, 3.8) is 0 Å². The number of carbonyl (C=O) groups excluding carboxylic acids is 1. The molecule has 0 spiro atoms. The fourth-order valence-electron chi connectivity index (χ4n) is 3.19. The van der Waals surface area contributed by atoms with Gasteiger partial charge >= 0.3 is 0 Å². The lowest BCUT2D eigenvalue weighted by atomic mass is 9.83. The molecule has 1 N–H and O–H groups in total. The Morgan fingerprint density at radius 3 is 2.94 bits per heavy atom. The van der Waals surface area contributed by atoms with Crippen molar-refractivity contribution in [2.24, 2.45) is 11.3 Å². The minimum atomic E-state index is -0.0472. The smallest absolute Gasteiger partial charge is 0.226 e. The Morgan fingerprint density at radius 1 is 1.56 bits per heavy atom. The summed E-state index contributed by atoms with van der Waals surface area (Å²) in [5.41, 5.74) is 0.742. The van der Waals surface area contributed by atoms with E-state index in [1.54, 1.807) is 6.26 Å². The van der Waals surface area contributed by atoms with Gasteiger partial charge in [0.05, 0.1) is 12.2 Å². The van der Waals surface area contributed by atoms with Gasteiger partial charge in [-0.05, 0) is 38.0 Å². The lowest BCUT2D eigenvalue weighted by Gasteiger charge is -2.24. The molecule has 0 saturated heterocycles. The summed E-state index contributed by atoms with van der Waals surface area (Å²) in [6.45, 7) is 0.488. The number of hydrogen-bond acceptors (Lipinski definition) is 3. The normalized spacial score (nSPS) is 31.9. The van der Waals surface area contributed by atoms with E-state index in [1.165, 1.54) is 19.2 Å². The van der Waals surface area contributed by atoms with E-state index in [1.807, 2.05) is 0 Å². The van der Waals surface area contributed by atoms with Crippen LogP contribution in [-0.4, -0.2) is 10.9 Å². The molecule has 2 aliphatic carbocycles. The monoisotopic (exact) mass is 220 g/mol. The number of hydrogen-bond donors (Lipinski definition) is 1. The average Bonchev–Trinajstić information content (AvgIpc) is 3.02. The highest BCUT2D eigenvalue weighted by molar-refractivity contribution is 5.83. The van der Waals surface area contributed by atoms with Crippen molar-refractivity contribution >= 4 is 5.91 Å². The maximum Gasteiger partial charge on any atom is 0.226 e. The van der Waals surface area contributed by atoms with Crippen LogP contribution in [0.25, 0.3) is 0 Å². The summed E-state index contributed by atoms with van der Waals surface area (Å²) < 4.78 is 4.87. The van der Waals surface area contributed by atoms with Crippen LogP contribution in [0.3, 0.4) is 0 Å². The van der Waals surface area contributed by atoms with Crippen LogP contribution >= 0.6 is 0 Å². The lowest BCUT2D eigenvalue weighted by Crippen LogP contribution is -2.37. The summed E-state index contributed by atoms with van der Waals surface area (Å²) in [7, 11) is 0. The van der Waals surface area contributed by atoms with Crippen LogP contribution in [0.2, 0.25) is 0 Å². The van der Waals surface area contributed by atoms with E-state index < -0.39 is 0 Å². The highest BCUT2D eigenvalue weighted by Crippen LogP contribution is 2.54. The van der Waals surface area contributed by atoms with Crippen LogP contribution in [-0.2, 0) is 11.3 Å². The second kappa shape index (κ2) is 3.61. The van der Waals surface area contributed by atoms with Gasteiger partial charge in [-0.15, -0.1) is 0 Å². The first-order valence-electron chi connectivity index (χ1n) is 5.94. The summed E-state index contributed by atoms with van der Waals surface area (Å²) in [6.07, 6.45) is 8.67. The van der Waals surface area contributed by atoms with Crippen molar-refractivity contribution in [2.45, 2.75) is 38.6 Å². The van der Waals surface area contributed by atoms with Crippen LogP contribution < -0.4 is 5.32 Å². The van der Waals surface area contributed by atoms with Gasteiger partial charge in [0.1, 0.15) is 6.26 Å². The molecule has 0 radical (unpaired) electrons. The molecule has 4 nitrogen and oxygen atoms in total. The summed E-state index contributed by atoms with van der Waals surface area (Å²) in [5.74, 6) is 1.02. The minimum Gasteiger partial charge on any atom is -0.451 e. The average molecular weight is 220 g/mol. The SMILES string of the molecule is O=C(NCc1cocn1)C12CCC(CC1)C2. The molecule has 2 aliphatic rings. The first kappa shape index (κ1) is 9.87. The zero-order valence-electron chi connectivity index (χ0n) is 9.24. The first-order chi connectivity index (χ1) is 7.78. The molecular weight excluding hydrogens is 204 g/mol. The Hall–Kier alpha value is -1.32. The molecule has 2 saturated carbocycles. The number of carbonyl (C=O) groups is 1. The van der Waals surface area contributed by atoms with Crippen molar-refractivity contribution in [3.8, 4) is 0 Å². The van der Waals surface area contributed by atoms with Gasteiger partial charge in [-0.1, -0.05) is 0 Å². The number of aromatic nitrogens is 1. The van der Waals surface area contributed by atoms with Crippen molar-refractivity contribution < 1.29 is 9.21 Å². The number of fused-ring (bicyclic) bond motifs is 2. The molecule has 1 heterocycles. The predicted octanol–water partition coefficient (Wildman–Crippen LogP) is 1.87. The van der Waals surface area contributed by atoms with Crippen LogP contribution in [0, 0.1) is 11.3 Å². The van der Waals surface area contributed by atoms with E-state index in [0.29, 0.717) is 6.54 Å². The number of nitrogens with zero attached hydrogens (tertiary/aromatic N) is 1. The summed E-state index contributed by atoms with van der Waals surface area (Å²) in [6, 6.07) is 0. The molecule has 4 heteroatoms. The van der Waals surface area contributed by atoms with E-state index in [-0.39, 0.29) is 11.3 Å². The largest absolute Gasteiger partial charge is 0.451 e. The predicted molar refractivity (Wildman–Crippen MR) is 57.4 cm³/mol. The van der Waals surface area contributed by atoms with Crippen LogP contribution in [0.15, 0.2) is 17.1 Å². The third-order valence-corrected chi connectivity index (χ3v) is 4.14. The highest BCUT2D eigenvalue weighted by Gasteiger charge is 2.49. The van der Waals surface area contributed by atoms with Gasteiger partial charge in [-0.2, -0.15) is 0 Å². The van der Waals surface area contributed by atoms with Crippen molar-refractivity contribution in [1.29, 1.82) is 0 Å². The highest BCUT2D eigenvalue weighted by atomic mass is 16.3. The number of amides is 1. The van der Waals surface area contributed by atoms with E-state index in [4.69, 9.17) is 4.42 Å². The summed E-state index contributed by atoms with van der Waals surface area (Å²) in [5, 5.41) is 2.98. The molecule has 1 amide bonds. The topological polar surface area (TPSA) is 55.1 Å².